The highest BCUT2D eigenvalue weighted by atomic mass is 32.2. The fourth-order valence-corrected chi connectivity index (χ4v) is 3.26. The number of sulfone groups is 1. The second-order valence-corrected chi connectivity index (χ2v) is 7.49. The zero-order valence-corrected chi connectivity index (χ0v) is 12.0. The molecule has 1 aromatic carbocycles. The van der Waals surface area contributed by atoms with E-state index in [4.69, 9.17) is 0 Å². The normalized spacial score (nSPS) is 19.1. The van der Waals surface area contributed by atoms with E-state index in [0.717, 1.165) is 19.3 Å². The molecule has 106 valence electrons. The number of benzene rings is 1. The molecule has 5 heteroatoms. The van der Waals surface area contributed by atoms with Crippen LogP contribution in [0.1, 0.15) is 36.9 Å². The molecular formula is C14H21NO3S. The fourth-order valence-electron chi connectivity index (χ4n) is 2.55. The highest BCUT2D eigenvalue weighted by Crippen LogP contribution is 2.31. The van der Waals surface area contributed by atoms with Gasteiger partial charge in [0, 0.05) is 18.3 Å². The smallest absolute Gasteiger partial charge is 0.151 e. The number of hydrogen-bond acceptors (Lipinski definition) is 4. The molecule has 0 bridgehead atoms. The number of phenols is 1. The molecular weight excluding hydrogens is 262 g/mol. The van der Waals surface area contributed by atoms with Gasteiger partial charge in [0.15, 0.2) is 9.84 Å². The van der Waals surface area contributed by atoms with Gasteiger partial charge in [0.1, 0.15) is 5.75 Å². The number of fused-ring (bicyclic) bond motifs is 1. The Morgan fingerprint density at radius 1 is 1.42 bits per heavy atom. The Hall–Kier alpha value is -1.07. The summed E-state index contributed by atoms with van der Waals surface area (Å²) in [4.78, 5) is 0. The molecule has 0 aromatic heterocycles. The molecule has 0 saturated heterocycles. The van der Waals surface area contributed by atoms with Crippen molar-refractivity contribution in [2.24, 2.45) is 0 Å². The lowest BCUT2D eigenvalue weighted by Crippen LogP contribution is -2.30. The van der Waals surface area contributed by atoms with Crippen LogP contribution >= 0.6 is 0 Å². The maximum absolute atomic E-state index is 11.5. The third-order valence-electron chi connectivity index (χ3n) is 3.68. The summed E-state index contributed by atoms with van der Waals surface area (Å²) < 4.78 is 22.9. The van der Waals surface area contributed by atoms with E-state index in [0.29, 0.717) is 12.3 Å². The van der Waals surface area contributed by atoms with Gasteiger partial charge in [-0.15, -0.1) is 0 Å². The van der Waals surface area contributed by atoms with Crippen molar-refractivity contribution in [1.82, 2.24) is 5.32 Å². The Kier molecular flexibility index (Phi) is 4.47. The predicted molar refractivity (Wildman–Crippen MR) is 76.1 cm³/mol. The van der Waals surface area contributed by atoms with Gasteiger partial charge in [-0.25, -0.2) is 8.42 Å². The molecule has 1 atom stereocenters. The maximum Gasteiger partial charge on any atom is 0.151 e. The SMILES string of the molecule is CCS(=O)(=O)CCNC1CCCc2cc(O)ccc21. The van der Waals surface area contributed by atoms with Crippen LogP contribution in [-0.2, 0) is 16.3 Å². The first-order chi connectivity index (χ1) is 9.02. The Morgan fingerprint density at radius 3 is 2.95 bits per heavy atom. The minimum absolute atomic E-state index is 0.188. The Morgan fingerprint density at radius 2 is 2.21 bits per heavy atom. The van der Waals surface area contributed by atoms with Gasteiger partial charge in [-0.1, -0.05) is 13.0 Å². The minimum atomic E-state index is -2.91. The maximum atomic E-state index is 11.5. The molecule has 0 radical (unpaired) electrons. The van der Waals surface area contributed by atoms with E-state index in [2.05, 4.69) is 5.32 Å². The number of hydrogen-bond donors (Lipinski definition) is 2. The molecule has 1 aliphatic rings. The molecule has 2 rings (SSSR count). The molecule has 1 aliphatic carbocycles. The van der Waals surface area contributed by atoms with Crippen LogP contribution in [0.25, 0.3) is 0 Å². The number of aryl methyl sites for hydroxylation is 1. The molecule has 1 unspecified atom stereocenters. The standard InChI is InChI=1S/C14H21NO3S/c1-2-19(17,18)9-8-15-14-5-3-4-11-10-12(16)6-7-13(11)14/h6-7,10,14-16H,2-5,8-9H2,1H3. The van der Waals surface area contributed by atoms with Crippen LogP contribution in [0.4, 0.5) is 0 Å². The van der Waals surface area contributed by atoms with Crippen molar-refractivity contribution in [2.75, 3.05) is 18.1 Å². The van der Waals surface area contributed by atoms with Gasteiger partial charge < -0.3 is 10.4 Å². The average Bonchev–Trinajstić information content (AvgIpc) is 2.38. The number of nitrogens with one attached hydrogen (secondary N) is 1. The van der Waals surface area contributed by atoms with E-state index in [-0.39, 0.29) is 17.5 Å². The summed E-state index contributed by atoms with van der Waals surface area (Å²) in [5.41, 5.74) is 2.36. The van der Waals surface area contributed by atoms with E-state index in [9.17, 15) is 13.5 Å². The lowest BCUT2D eigenvalue weighted by atomic mass is 9.87. The van der Waals surface area contributed by atoms with Gasteiger partial charge in [-0.3, -0.25) is 0 Å². The molecule has 19 heavy (non-hydrogen) atoms. The highest BCUT2D eigenvalue weighted by molar-refractivity contribution is 7.91. The quantitative estimate of drug-likeness (QED) is 0.864. The molecule has 0 heterocycles. The summed E-state index contributed by atoms with van der Waals surface area (Å²) in [5, 5.41) is 12.8. The number of aromatic hydroxyl groups is 1. The molecule has 0 saturated carbocycles. The Bertz CT molecular complexity index is 540. The zero-order valence-electron chi connectivity index (χ0n) is 11.2. The lowest BCUT2D eigenvalue weighted by Gasteiger charge is -2.26. The largest absolute Gasteiger partial charge is 0.508 e. The van der Waals surface area contributed by atoms with Crippen molar-refractivity contribution in [3.63, 3.8) is 0 Å². The van der Waals surface area contributed by atoms with Gasteiger partial charge in [0.05, 0.1) is 5.75 Å². The van der Waals surface area contributed by atoms with Crippen molar-refractivity contribution in [3.8, 4) is 5.75 Å². The van der Waals surface area contributed by atoms with Crippen molar-refractivity contribution in [3.05, 3.63) is 29.3 Å². The van der Waals surface area contributed by atoms with Gasteiger partial charge in [0.25, 0.3) is 0 Å². The van der Waals surface area contributed by atoms with Crippen LogP contribution in [0.15, 0.2) is 18.2 Å². The minimum Gasteiger partial charge on any atom is -0.508 e. The Balaban J connectivity index is 2.00. The van der Waals surface area contributed by atoms with E-state index in [1.165, 1.54) is 11.1 Å². The molecule has 1 aromatic rings. The van der Waals surface area contributed by atoms with Crippen molar-refractivity contribution < 1.29 is 13.5 Å². The van der Waals surface area contributed by atoms with Crippen LogP contribution in [0, 0.1) is 0 Å². The first kappa shape index (κ1) is 14.3. The van der Waals surface area contributed by atoms with Gasteiger partial charge in [-0.05, 0) is 42.5 Å². The van der Waals surface area contributed by atoms with E-state index in [1.807, 2.05) is 12.1 Å². The highest BCUT2D eigenvalue weighted by Gasteiger charge is 2.20. The first-order valence-electron chi connectivity index (χ1n) is 6.77. The lowest BCUT2D eigenvalue weighted by molar-refractivity contribution is 0.457. The number of rotatable bonds is 5. The van der Waals surface area contributed by atoms with Gasteiger partial charge >= 0.3 is 0 Å². The summed E-state index contributed by atoms with van der Waals surface area (Å²) >= 11 is 0. The van der Waals surface area contributed by atoms with E-state index in [1.54, 1.807) is 13.0 Å². The topological polar surface area (TPSA) is 66.4 Å². The predicted octanol–water partition coefficient (Wildman–Crippen LogP) is 1.79. The molecule has 0 fully saturated rings. The van der Waals surface area contributed by atoms with E-state index < -0.39 is 9.84 Å². The van der Waals surface area contributed by atoms with Gasteiger partial charge in [-0.2, -0.15) is 0 Å². The van der Waals surface area contributed by atoms with Crippen LogP contribution in [0.2, 0.25) is 0 Å². The zero-order chi connectivity index (χ0) is 13.9. The molecule has 0 spiro atoms. The van der Waals surface area contributed by atoms with Crippen LogP contribution in [0.3, 0.4) is 0 Å². The van der Waals surface area contributed by atoms with Crippen LogP contribution in [0.5, 0.6) is 5.75 Å². The summed E-state index contributed by atoms with van der Waals surface area (Å²) in [5.74, 6) is 0.685. The summed E-state index contributed by atoms with van der Waals surface area (Å²) in [7, 11) is -2.91. The molecule has 4 nitrogen and oxygen atoms in total. The van der Waals surface area contributed by atoms with Gasteiger partial charge in [0.2, 0.25) is 0 Å². The first-order valence-corrected chi connectivity index (χ1v) is 8.59. The van der Waals surface area contributed by atoms with Crippen molar-refractivity contribution >= 4 is 9.84 Å². The van der Waals surface area contributed by atoms with E-state index >= 15 is 0 Å². The summed E-state index contributed by atoms with van der Waals surface area (Å²) in [6, 6.07) is 5.65. The third-order valence-corrected chi connectivity index (χ3v) is 5.39. The fraction of sp³-hybridized carbons (Fsp3) is 0.571. The molecule has 0 aliphatic heterocycles. The van der Waals surface area contributed by atoms with Crippen molar-refractivity contribution in [1.29, 1.82) is 0 Å². The number of phenolic OH excluding ortho intramolecular Hbond substituents is 1. The second-order valence-electron chi connectivity index (χ2n) is 5.02. The second kappa shape index (κ2) is 5.92. The molecule has 2 N–H and O–H groups in total. The molecule has 0 amide bonds. The van der Waals surface area contributed by atoms with Crippen LogP contribution in [-0.4, -0.2) is 31.6 Å². The monoisotopic (exact) mass is 283 g/mol. The Labute approximate surface area is 114 Å². The van der Waals surface area contributed by atoms with Crippen molar-refractivity contribution in [2.45, 2.75) is 32.2 Å². The van der Waals surface area contributed by atoms with Crippen LogP contribution < -0.4 is 5.32 Å². The third kappa shape index (κ3) is 3.70. The average molecular weight is 283 g/mol. The summed E-state index contributed by atoms with van der Waals surface area (Å²) in [6.45, 7) is 2.16. The summed E-state index contributed by atoms with van der Waals surface area (Å²) in [6.07, 6.45) is 3.06.